The highest BCUT2D eigenvalue weighted by Crippen LogP contribution is 2.13. The third-order valence-corrected chi connectivity index (χ3v) is 2.95. The van der Waals surface area contributed by atoms with Gasteiger partial charge in [0.25, 0.3) is 0 Å². The van der Waals surface area contributed by atoms with Crippen molar-refractivity contribution in [3.05, 3.63) is 47.0 Å². The number of nitrogens with one attached hydrogen (secondary N) is 1. The summed E-state index contributed by atoms with van der Waals surface area (Å²) in [6.45, 7) is 2.14. The van der Waals surface area contributed by atoms with E-state index in [0.29, 0.717) is 6.04 Å². The van der Waals surface area contributed by atoms with Crippen molar-refractivity contribution in [3.63, 3.8) is 0 Å². The van der Waals surface area contributed by atoms with Crippen molar-refractivity contribution in [2.45, 2.75) is 25.8 Å². The van der Waals surface area contributed by atoms with E-state index in [9.17, 15) is 0 Å². The first kappa shape index (κ1) is 12.2. The van der Waals surface area contributed by atoms with Crippen LogP contribution in [0.25, 0.3) is 0 Å². The number of hydrogen-bond acceptors (Lipinski definition) is 3. The quantitative estimate of drug-likeness (QED) is 0.851. The van der Waals surface area contributed by atoms with Crippen LogP contribution < -0.4 is 5.32 Å². The van der Waals surface area contributed by atoms with E-state index in [0.717, 1.165) is 29.0 Å². The standard InChI is InChI=1S/C13H15BrN2O/c1-10(7-8-11-4-3-9-17-11)15-13-6-2-5-12(14)16-13/h2-6,9-10H,7-8H2,1H3,(H,15,16). The number of pyridine rings is 1. The number of furan rings is 1. The van der Waals surface area contributed by atoms with E-state index in [2.05, 4.69) is 33.2 Å². The van der Waals surface area contributed by atoms with Crippen LogP contribution in [0, 0.1) is 0 Å². The number of aromatic nitrogens is 1. The van der Waals surface area contributed by atoms with Crippen LogP contribution in [-0.2, 0) is 6.42 Å². The average Bonchev–Trinajstić information content (AvgIpc) is 2.79. The van der Waals surface area contributed by atoms with Crippen molar-refractivity contribution in [1.29, 1.82) is 0 Å². The highest BCUT2D eigenvalue weighted by Gasteiger charge is 2.05. The van der Waals surface area contributed by atoms with Gasteiger partial charge in [0, 0.05) is 12.5 Å². The van der Waals surface area contributed by atoms with Crippen molar-refractivity contribution in [2.24, 2.45) is 0 Å². The lowest BCUT2D eigenvalue weighted by molar-refractivity contribution is 0.495. The second-order valence-electron chi connectivity index (χ2n) is 4.01. The zero-order chi connectivity index (χ0) is 12.1. The molecule has 0 bridgehead atoms. The van der Waals surface area contributed by atoms with Gasteiger partial charge < -0.3 is 9.73 Å². The van der Waals surface area contributed by atoms with Gasteiger partial charge in [-0.3, -0.25) is 0 Å². The lowest BCUT2D eigenvalue weighted by atomic mass is 10.1. The Morgan fingerprint density at radius 2 is 2.24 bits per heavy atom. The molecule has 0 saturated heterocycles. The number of hydrogen-bond donors (Lipinski definition) is 1. The molecule has 0 aliphatic rings. The minimum absolute atomic E-state index is 0.363. The van der Waals surface area contributed by atoms with Crippen LogP contribution in [0.4, 0.5) is 5.82 Å². The number of rotatable bonds is 5. The number of anilines is 1. The summed E-state index contributed by atoms with van der Waals surface area (Å²) >= 11 is 3.36. The smallest absolute Gasteiger partial charge is 0.127 e. The third kappa shape index (κ3) is 3.89. The first-order chi connectivity index (χ1) is 8.24. The van der Waals surface area contributed by atoms with Crippen LogP contribution in [0.3, 0.4) is 0 Å². The molecule has 4 heteroatoms. The molecule has 0 radical (unpaired) electrons. The van der Waals surface area contributed by atoms with Gasteiger partial charge in [0.05, 0.1) is 6.26 Å². The van der Waals surface area contributed by atoms with Gasteiger partial charge in [0.1, 0.15) is 16.2 Å². The molecule has 2 aromatic heterocycles. The Hall–Kier alpha value is -1.29. The summed E-state index contributed by atoms with van der Waals surface area (Å²) in [6.07, 6.45) is 3.67. The topological polar surface area (TPSA) is 38.1 Å². The van der Waals surface area contributed by atoms with Crippen LogP contribution >= 0.6 is 15.9 Å². The highest BCUT2D eigenvalue weighted by molar-refractivity contribution is 9.10. The molecule has 1 N–H and O–H groups in total. The molecule has 1 unspecified atom stereocenters. The maximum Gasteiger partial charge on any atom is 0.127 e. The van der Waals surface area contributed by atoms with Gasteiger partial charge in [0.15, 0.2) is 0 Å². The summed E-state index contributed by atoms with van der Waals surface area (Å²) in [5.41, 5.74) is 0. The Morgan fingerprint density at radius 3 is 2.94 bits per heavy atom. The van der Waals surface area contributed by atoms with Crippen LogP contribution in [-0.4, -0.2) is 11.0 Å². The fraction of sp³-hybridized carbons (Fsp3) is 0.308. The molecular weight excluding hydrogens is 280 g/mol. The molecule has 3 nitrogen and oxygen atoms in total. The van der Waals surface area contributed by atoms with Crippen LogP contribution in [0.2, 0.25) is 0 Å². The van der Waals surface area contributed by atoms with E-state index in [1.54, 1.807) is 6.26 Å². The van der Waals surface area contributed by atoms with Gasteiger partial charge in [0.2, 0.25) is 0 Å². The molecular formula is C13H15BrN2O. The molecule has 0 aromatic carbocycles. The fourth-order valence-corrected chi connectivity index (χ4v) is 1.97. The molecule has 90 valence electrons. The van der Waals surface area contributed by atoms with Gasteiger partial charge in [-0.05, 0) is 53.5 Å². The zero-order valence-corrected chi connectivity index (χ0v) is 11.3. The monoisotopic (exact) mass is 294 g/mol. The molecule has 2 aromatic rings. The van der Waals surface area contributed by atoms with Crippen LogP contribution in [0.5, 0.6) is 0 Å². The van der Waals surface area contributed by atoms with Crippen LogP contribution in [0.1, 0.15) is 19.1 Å². The minimum Gasteiger partial charge on any atom is -0.469 e. The maximum absolute atomic E-state index is 5.30. The first-order valence-corrected chi connectivity index (χ1v) is 6.45. The third-order valence-electron chi connectivity index (χ3n) is 2.51. The highest BCUT2D eigenvalue weighted by atomic mass is 79.9. The normalized spacial score (nSPS) is 12.4. The predicted octanol–water partition coefficient (Wildman–Crippen LogP) is 3.87. The molecule has 2 heterocycles. The lowest BCUT2D eigenvalue weighted by Crippen LogP contribution is -2.16. The Morgan fingerprint density at radius 1 is 1.35 bits per heavy atom. The number of nitrogens with zero attached hydrogens (tertiary/aromatic N) is 1. The summed E-state index contributed by atoms with van der Waals surface area (Å²) < 4.78 is 6.15. The van der Waals surface area contributed by atoms with Gasteiger partial charge in [-0.1, -0.05) is 6.07 Å². The second-order valence-corrected chi connectivity index (χ2v) is 4.82. The van der Waals surface area contributed by atoms with Gasteiger partial charge in [-0.2, -0.15) is 0 Å². The molecule has 17 heavy (non-hydrogen) atoms. The zero-order valence-electron chi connectivity index (χ0n) is 9.69. The molecule has 0 aliphatic heterocycles. The number of aryl methyl sites for hydroxylation is 1. The molecule has 0 spiro atoms. The average molecular weight is 295 g/mol. The molecule has 0 amide bonds. The summed E-state index contributed by atoms with van der Waals surface area (Å²) in [5, 5.41) is 3.36. The van der Waals surface area contributed by atoms with E-state index >= 15 is 0 Å². The fourth-order valence-electron chi connectivity index (χ4n) is 1.63. The number of halogens is 1. The van der Waals surface area contributed by atoms with E-state index in [4.69, 9.17) is 4.42 Å². The maximum atomic E-state index is 5.30. The summed E-state index contributed by atoms with van der Waals surface area (Å²) in [6, 6.07) is 10.1. The lowest BCUT2D eigenvalue weighted by Gasteiger charge is -2.13. The molecule has 0 fully saturated rings. The van der Waals surface area contributed by atoms with Crippen molar-refractivity contribution < 1.29 is 4.42 Å². The minimum atomic E-state index is 0.363. The Labute approximate surface area is 109 Å². The van der Waals surface area contributed by atoms with Gasteiger partial charge >= 0.3 is 0 Å². The van der Waals surface area contributed by atoms with Crippen LogP contribution in [0.15, 0.2) is 45.6 Å². The summed E-state index contributed by atoms with van der Waals surface area (Å²) in [5.74, 6) is 1.92. The SMILES string of the molecule is CC(CCc1ccco1)Nc1cccc(Br)n1. The molecule has 1 atom stereocenters. The van der Waals surface area contributed by atoms with E-state index in [1.165, 1.54) is 0 Å². The molecule has 0 aliphatic carbocycles. The van der Waals surface area contributed by atoms with E-state index < -0.39 is 0 Å². The Balaban J connectivity index is 1.83. The van der Waals surface area contributed by atoms with E-state index in [-0.39, 0.29) is 0 Å². The van der Waals surface area contributed by atoms with Gasteiger partial charge in [-0.25, -0.2) is 4.98 Å². The summed E-state index contributed by atoms with van der Waals surface area (Å²) in [4.78, 5) is 4.34. The van der Waals surface area contributed by atoms with Crippen molar-refractivity contribution >= 4 is 21.7 Å². The van der Waals surface area contributed by atoms with Crippen molar-refractivity contribution in [3.8, 4) is 0 Å². The Bertz CT molecular complexity index is 456. The van der Waals surface area contributed by atoms with Crippen molar-refractivity contribution in [1.82, 2.24) is 4.98 Å². The molecule has 0 saturated carbocycles. The summed E-state index contributed by atoms with van der Waals surface area (Å²) in [7, 11) is 0. The Kier molecular flexibility index (Phi) is 4.20. The first-order valence-electron chi connectivity index (χ1n) is 5.65. The van der Waals surface area contributed by atoms with E-state index in [1.807, 2.05) is 30.3 Å². The second kappa shape index (κ2) is 5.87. The van der Waals surface area contributed by atoms with Crippen molar-refractivity contribution in [2.75, 3.05) is 5.32 Å². The largest absolute Gasteiger partial charge is 0.469 e. The molecule has 2 rings (SSSR count). The van der Waals surface area contributed by atoms with Gasteiger partial charge in [-0.15, -0.1) is 0 Å². The predicted molar refractivity (Wildman–Crippen MR) is 72.1 cm³/mol.